The number of urea groups is 1. The van der Waals surface area contributed by atoms with Gasteiger partial charge in [-0.3, -0.25) is 4.79 Å². The molecule has 136 valence electrons. The number of nitrogens with one attached hydrogen (secondary N) is 2. The molecule has 1 atom stereocenters. The van der Waals surface area contributed by atoms with Crippen molar-refractivity contribution in [2.24, 2.45) is 0 Å². The molecule has 3 amide bonds. The number of hydrogen-bond acceptors (Lipinski definition) is 2. The number of amides is 3. The van der Waals surface area contributed by atoms with Crippen LogP contribution < -0.4 is 15.5 Å². The highest BCUT2D eigenvalue weighted by atomic mass is 19.1. The molecule has 0 saturated carbocycles. The molecule has 0 aromatic heterocycles. The highest BCUT2D eigenvalue weighted by Gasteiger charge is 2.33. The van der Waals surface area contributed by atoms with Gasteiger partial charge < -0.3 is 15.5 Å². The lowest BCUT2D eigenvalue weighted by molar-refractivity contribution is -0.118. The van der Waals surface area contributed by atoms with Crippen molar-refractivity contribution >= 4 is 17.6 Å². The third-order valence-electron chi connectivity index (χ3n) is 4.40. The van der Waals surface area contributed by atoms with Gasteiger partial charge in [-0.2, -0.15) is 0 Å². The predicted molar refractivity (Wildman–Crippen MR) is 98.4 cm³/mol. The van der Waals surface area contributed by atoms with Crippen molar-refractivity contribution in [2.75, 3.05) is 11.4 Å². The van der Waals surface area contributed by atoms with Gasteiger partial charge in [-0.25, -0.2) is 9.18 Å². The second kappa shape index (κ2) is 7.56. The van der Waals surface area contributed by atoms with Crippen molar-refractivity contribution in [2.45, 2.75) is 32.9 Å². The predicted octanol–water partition coefficient (Wildman–Crippen LogP) is 3.05. The summed E-state index contributed by atoms with van der Waals surface area (Å²) in [5.74, 6) is -0.423. The van der Waals surface area contributed by atoms with Gasteiger partial charge in [0.05, 0.1) is 0 Å². The summed E-state index contributed by atoms with van der Waals surface area (Å²) in [6, 6.07) is 11.0. The minimum absolute atomic E-state index is 0.105. The Morgan fingerprint density at radius 3 is 2.46 bits per heavy atom. The summed E-state index contributed by atoms with van der Waals surface area (Å²) in [6.45, 7) is 4.84. The molecular formula is C20H22FN3O2. The molecule has 0 bridgehead atoms. The number of carbonyl (C=O) groups excluding carboxylic acids is 2. The van der Waals surface area contributed by atoms with E-state index in [4.69, 9.17) is 0 Å². The van der Waals surface area contributed by atoms with E-state index in [0.29, 0.717) is 13.0 Å². The number of anilines is 1. The molecule has 1 saturated heterocycles. The van der Waals surface area contributed by atoms with Gasteiger partial charge in [0.2, 0.25) is 5.91 Å². The average Bonchev–Trinajstić information content (AvgIpc) is 2.94. The van der Waals surface area contributed by atoms with Crippen LogP contribution in [0.1, 0.15) is 23.1 Å². The van der Waals surface area contributed by atoms with Crippen LogP contribution in [0.4, 0.5) is 14.9 Å². The Labute approximate surface area is 152 Å². The molecule has 5 nitrogen and oxygen atoms in total. The number of benzene rings is 2. The van der Waals surface area contributed by atoms with Crippen LogP contribution in [0.15, 0.2) is 42.5 Å². The minimum Gasteiger partial charge on any atom is -0.334 e. The van der Waals surface area contributed by atoms with Crippen LogP contribution in [-0.4, -0.2) is 24.5 Å². The molecule has 1 fully saturated rings. The largest absolute Gasteiger partial charge is 0.334 e. The summed E-state index contributed by atoms with van der Waals surface area (Å²) >= 11 is 0. The van der Waals surface area contributed by atoms with E-state index < -0.39 is 12.1 Å². The molecule has 2 aromatic rings. The van der Waals surface area contributed by atoms with Crippen LogP contribution in [0.25, 0.3) is 0 Å². The van der Waals surface area contributed by atoms with E-state index >= 15 is 0 Å². The van der Waals surface area contributed by atoms with Gasteiger partial charge in [-0.1, -0.05) is 18.2 Å². The van der Waals surface area contributed by atoms with Gasteiger partial charge in [0, 0.05) is 18.8 Å². The van der Waals surface area contributed by atoms with Gasteiger partial charge >= 0.3 is 6.03 Å². The second-order valence-electron chi connectivity index (χ2n) is 6.63. The van der Waals surface area contributed by atoms with Gasteiger partial charge in [-0.15, -0.1) is 0 Å². The third-order valence-corrected chi connectivity index (χ3v) is 4.40. The molecule has 0 unspecified atom stereocenters. The highest BCUT2D eigenvalue weighted by molar-refractivity contribution is 6.01. The molecule has 0 radical (unpaired) electrons. The van der Waals surface area contributed by atoms with E-state index in [1.165, 1.54) is 12.1 Å². The first-order valence-corrected chi connectivity index (χ1v) is 8.61. The van der Waals surface area contributed by atoms with Gasteiger partial charge in [0.25, 0.3) is 0 Å². The van der Waals surface area contributed by atoms with Gasteiger partial charge in [-0.05, 0) is 61.2 Å². The molecular weight excluding hydrogens is 333 g/mol. The first kappa shape index (κ1) is 17.9. The summed E-state index contributed by atoms with van der Waals surface area (Å²) in [5.41, 5.74) is 3.85. The maximum Gasteiger partial charge on any atom is 0.315 e. The van der Waals surface area contributed by atoms with Crippen molar-refractivity contribution in [3.8, 4) is 0 Å². The molecule has 2 N–H and O–H groups in total. The fraction of sp³-hybridized carbons (Fsp3) is 0.300. The van der Waals surface area contributed by atoms with E-state index in [-0.39, 0.29) is 18.3 Å². The Balaban J connectivity index is 1.56. The van der Waals surface area contributed by atoms with E-state index in [0.717, 1.165) is 22.4 Å². The maximum absolute atomic E-state index is 12.9. The van der Waals surface area contributed by atoms with Crippen molar-refractivity contribution in [3.05, 3.63) is 65.0 Å². The normalized spacial score (nSPS) is 16.7. The van der Waals surface area contributed by atoms with Crippen molar-refractivity contribution in [1.29, 1.82) is 0 Å². The molecule has 1 heterocycles. The summed E-state index contributed by atoms with van der Waals surface area (Å²) in [5, 5.41) is 5.42. The molecule has 1 aliphatic heterocycles. The molecule has 0 spiro atoms. The van der Waals surface area contributed by atoms with E-state index in [9.17, 15) is 14.0 Å². The lowest BCUT2D eigenvalue weighted by Crippen LogP contribution is -2.46. The molecule has 3 rings (SSSR count). The zero-order valence-electron chi connectivity index (χ0n) is 14.9. The number of hydrogen-bond donors (Lipinski definition) is 2. The molecule has 6 heteroatoms. The van der Waals surface area contributed by atoms with Gasteiger partial charge in [0.15, 0.2) is 0 Å². The maximum atomic E-state index is 12.9. The lowest BCUT2D eigenvalue weighted by Gasteiger charge is -2.18. The van der Waals surface area contributed by atoms with Gasteiger partial charge in [0.1, 0.15) is 11.9 Å². The van der Waals surface area contributed by atoms with Crippen LogP contribution in [-0.2, 0) is 11.3 Å². The Bertz CT molecular complexity index is 800. The van der Waals surface area contributed by atoms with Crippen molar-refractivity contribution in [3.63, 3.8) is 0 Å². The van der Waals surface area contributed by atoms with Crippen LogP contribution in [0, 0.1) is 19.7 Å². The first-order valence-electron chi connectivity index (χ1n) is 8.61. The Morgan fingerprint density at radius 1 is 1.15 bits per heavy atom. The zero-order chi connectivity index (χ0) is 18.7. The Morgan fingerprint density at radius 2 is 1.81 bits per heavy atom. The van der Waals surface area contributed by atoms with Crippen LogP contribution in [0.5, 0.6) is 0 Å². The molecule has 26 heavy (non-hydrogen) atoms. The summed E-state index contributed by atoms with van der Waals surface area (Å²) < 4.78 is 12.9. The highest BCUT2D eigenvalue weighted by Crippen LogP contribution is 2.24. The topological polar surface area (TPSA) is 61.4 Å². The Hall–Kier alpha value is -2.89. The number of nitrogens with zero attached hydrogens (tertiary/aromatic N) is 1. The zero-order valence-corrected chi connectivity index (χ0v) is 14.9. The number of aryl methyl sites for hydroxylation is 2. The summed E-state index contributed by atoms with van der Waals surface area (Å²) in [7, 11) is 0. The number of rotatable bonds is 4. The number of carbonyl (C=O) groups is 2. The second-order valence-corrected chi connectivity index (χ2v) is 6.63. The van der Waals surface area contributed by atoms with E-state index in [1.54, 1.807) is 17.0 Å². The minimum atomic E-state index is -0.538. The lowest BCUT2D eigenvalue weighted by atomic mass is 10.1. The van der Waals surface area contributed by atoms with Crippen LogP contribution in [0.2, 0.25) is 0 Å². The molecule has 1 aliphatic rings. The van der Waals surface area contributed by atoms with Crippen molar-refractivity contribution in [1.82, 2.24) is 10.6 Å². The van der Waals surface area contributed by atoms with Crippen molar-refractivity contribution < 1.29 is 14.0 Å². The van der Waals surface area contributed by atoms with Crippen LogP contribution >= 0.6 is 0 Å². The van der Waals surface area contributed by atoms with Crippen LogP contribution in [0.3, 0.4) is 0 Å². The first-order chi connectivity index (χ1) is 12.4. The van der Waals surface area contributed by atoms with E-state index in [1.807, 2.05) is 26.0 Å². The standard InChI is InChI=1S/C20H22FN3O2/c1-13-9-14(2)11-17(10-13)24-8-7-18(19(24)25)23-20(26)22-12-15-3-5-16(21)6-4-15/h3-6,9-11,18H,7-8,12H2,1-2H3,(H2,22,23,26)/t18-/m1/s1. The smallest absolute Gasteiger partial charge is 0.315 e. The summed E-state index contributed by atoms with van der Waals surface area (Å²) in [6.07, 6.45) is 0.565. The summed E-state index contributed by atoms with van der Waals surface area (Å²) in [4.78, 5) is 26.4. The fourth-order valence-electron chi connectivity index (χ4n) is 3.17. The Kier molecular flexibility index (Phi) is 5.21. The van der Waals surface area contributed by atoms with E-state index in [2.05, 4.69) is 16.7 Å². The SMILES string of the molecule is Cc1cc(C)cc(N2CC[C@@H](NC(=O)NCc3ccc(F)cc3)C2=O)c1. The monoisotopic (exact) mass is 355 g/mol. The number of halogens is 1. The third kappa shape index (κ3) is 4.20. The fourth-order valence-corrected chi connectivity index (χ4v) is 3.17. The average molecular weight is 355 g/mol. The molecule has 0 aliphatic carbocycles. The quantitative estimate of drug-likeness (QED) is 0.886. The molecule has 2 aromatic carbocycles.